The van der Waals surface area contributed by atoms with Gasteiger partial charge in [0.1, 0.15) is 28.8 Å². The molecule has 2 aliphatic heterocycles. The summed E-state index contributed by atoms with van der Waals surface area (Å²) in [5.74, 6) is -1.49. The molecule has 3 atom stereocenters. The van der Waals surface area contributed by atoms with Crippen LogP contribution in [0.2, 0.25) is 10.0 Å². The van der Waals surface area contributed by atoms with Gasteiger partial charge in [-0.1, -0.05) is 35.3 Å². The number of amides is 3. The second-order valence-corrected chi connectivity index (χ2v) is 13.1. The number of hydrogen-bond donors (Lipinski definition) is 1. The van der Waals surface area contributed by atoms with Gasteiger partial charge in [-0.25, -0.2) is 8.42 Å². The molecule has 0 spiro atoms. The predicted octanol–water partition coefficient (Wildman–Crippen LogP) is 2.36. The first-order chi connectivity index (χ1) is 20.1. The lowest BCUT2D eigenvalue weighted by Crippen LogP contribution is -2.76. The van der Waals surface area contributed by atoms with Crippen molar-refractivity contribution in [2.45, 2.75) is 48.4 Å². The molecule has 6 rings (SSSR count). The van der Waals surface area contributed by atoms with E-state index in [9.17, 15) is 22.8 Å². The summed E-state index contributed by atoms with van der Waals surface area (Å²) >= 11 is 12.4. The van der Waals surface area contributed by atoms with E-state index in [1.54, 1.807) is 41.6 Å². The average Bonchev–Trinajstić information content (AvgIpc) is 3.82. The van der Waals surface area contributed by atoms with Crippen LogP contribution in [0.3, 0.4) is 0 Å². The van der Waals surface area contributed by atoms with Crippen LogP contribution in [0.25, 0.3) is 0 Å². The van der Waals surface area contributed by atoms with Crippen molar-refractivity contribution in [1.82, 2.24) is 29.4 Å². The molecule has 1 aromatic carbocycles. The van der Waals surface area contributed by atoms with Gasteiger partial charge in [-0.3, -0.25) is 24.4 Å². The maximum absolute atomic E-state index is 14.2. The van der Waals surface area contributed by atoms with Crippen molar-refractivity contribution in [3.05, 3.63) is 88.4 Å². The van der Waals surface area contributed by atoms with E-state index in [0.717, 1.165) is 17.1 Å². The van der Waals surface area contributed by atoms with Gasteiger partial charge < -0.3 is 15.1 Å². The molecule has 42 heavy (non-hydrogen) atoms. The number of carbonyl (C=O) groups is 3. The van der Waals surface area contributed by atoms with E-state index in [1.165, 1.54) is 35.4 Å². The smallest absolute Gasteiger partial charge is 0.270 e. The van der Waals surface area contributed by atoms with Crippen LogP contribution in [0.5, 0.6) is 0 Å². The Labute approximate surface area is 252 Å². The Kier molecular flexibility index (Phi) is 7.64. The van der Waals surface area contributed by atoms with Crippen molar-refractivity contribution < 1.29 is 22.8 Å². The topological polar surface area (TPSA) is 133 Å². The summed E-state index contributed by atoms with van der Waals surface area (Å²) in [6, 6.07) is 9.98. The molecule has 0 bridgehead atoms. The Morgan fingerprint density at radius 1 is 1.00 bits per heavy atom. The van der Waals surface area contributed by atoms with Gasteiger partial charge in [0.15, 0.2) is 0 Å². The molecule has 1 saturated carbocycles. The normalized spacial score (nSPS) is 23.0. The first kappa shape index (κ1) is 28.5. The number of sulfonamides is 1. The molecule has 3 unspecified atom stereocenters. The van der Waals surface area contributed by atoms with Crippen molar-refractivity contribution in [2.75, 3.05) is 13.1 Å². The van der Waals surface area contributed by atoms with E-state index in [2.05, 4.69) is 15.3 Å². The van der Waals surface area contributed by atoms with Crippen LogP contribution in [0.15, 0.2) is 72.0 Å². The molecule has 3 aliphatic rings. The molecular weight excluding hydrogens is 603 g/mol. The zero-order valence-corrected chi connectivity index (χ0v) is 24.5. The van der Waals surface area contributed by atoms with Gasteiger partial charge in [-0.05, 0) is 54.8 Å². The van der Waals surface area contributed by atoms with E-state index in [0.29, 0.717) is 5.56 Å². The number of benzene rings is 1. The maximum atomic E-state index is 14.2. The van der Waals surface area contributed by atoms with Crippen LogP contribution in [0.4, 0.5) is 0 Å². The molecular formula is C28H26Cl2N6O5S. The summed E-state index contributed by atoms with van der Waals surface area (Å²) in [6.07, 6.45) is 5.33. The number of pyridine rings is 2. The van der Waals surface area contributed by atoms with Crippen LogP contribution in [0, 0.1) is 0 Å². The monoisotopic (exact) mass is 628 g/mol. The quantitative estimate of drug-likeness (QED) is 0.425. The Balaban J connectivity index is 1.44. The molecule has 2 saturated heterocycles. The van der Waals surface area contributed by atoms with Gasteiger partial charge in [-0.2, -0.15) is 4.31 Å². The highest BCUT2D eigenvalue weighted by Crippen LogP contribution is 2.38. The van der Waals surface area contributed by atoms with Crippen LogP contribution < -0.4 is 5.32 Å². The first-order valence-corrected chi connectivity index (χ1v) is 15.5. The van der Waals surface area contributed by atoms with E-state index in [1.807, 2.05) is 0 Å². The highest BCUT2D eigenvalue weighted by atomic mass is 35.5. The number of piperazine rings is 1. The summed E-state index contributed by atoms with van der Waals surface area (Å²) in [7, 11) is -4.35. The third kappa shape index (κ3) is 5.35. The lowest BCUT2D eigenvalue weighted by atomic mass is 9.97. The summed E-state index contributed by atoms with van der Waals surface area (Å²) in [4.78, 5) is 52.1. The number of halogens is 2. The summed E-state index contributed by atoms with van der Waals surface area (Å²) in [5, 5.41) is 2.82. The van der Waals surface area contributed by atoms with Crippen LogP contribution in [-0.2, 0) is 26.0 Å². The fraction of sp³-hybridized carbons (Fsp3) is 0.321. The minimum absolute atomic E-state index is 0.00980. The van der Waals surface area contributed by atoms with Gasteiger partial charge in [0.05, 0.1) is 11.6 Å². The number of hydrogen-bond acceptors (Lipinski definition) is 7. The minimum Gasteiger partial charge on any atom is -0.338 e. The Morgan fingerprint density at radius 3 is 2.48 bits per heavy atom. The van der Waals surface area contributed by atoms with Crippen molar-refractivity contribution in [3.8, 4) is 0 Å². The van der Waals surface area contributed by atoms with Crippen molar-refractivity contribution in [1.29, 1.82) is 0 Å². The third-order valence-corrected chi connectivity index (χ3v) is 10.2. The molecule has 3 aromatic rings. The number of aromatic nitrogens is 2. The molecule has 3 fully saturated rings. The fourth-order valence-corrected chi connectivity index (χ4v) is 7.84. The van der Waals surface area contributed by atoms with E-state index < -0.39 is 40.1 Å². The van der Waals surface area contributed by atoms with Crippen molar-refractivity contribution in [2.24, 2.45) is 0 Å². The Hall–Kier alpha value is -3.58. The van der Waals surface area contributed by atoms with E-state index in [4.69, 9.17) is 23.2 Å². The van der Waals surface area contributed by atoms with Crippen molar-refractivity contribution in [3.63, 3.8) is 0 Å². The molecule has 218 valence electrons. The van der Waals surface area contributed by atoms with Gasteiger partial charge in [0.25, 0.3) is 5.91 Å². The zero-order chi connectivity index (χ0) is 29.6. The second-order valence-electron chi connectivity index (χ2n) is 10.4. The maximum Gasteiger partial charge on any atom is 0.270 e. The molecule has 1 aliphatic carbocycles. The van der Waals surface area contributed by atoms with Gasteiger partial charge in [0, 0.05) is 42.6 Å². The molecule has 14 heteroatoms. The largest absolute Gasteiger partial charge is 0.338 e. The Morgan fingerprint density at radius 2 is 1.81 bits per heavy atom. The minimum atomic E-state index is -4.35. The first-order valence-electron chi connectivity index (χ1n) is 13.4. The zero-order valence-electron chi connectivity index (χ0n) is 22.1. The number of nitrogens with zero attached hydrogens (tertiary/aromatic N) is 5. The second kappa shape index (κ2) is 11.3. The number of fused-ring (bicyclic) bond motifs is 1. The molecule has 4 heterocycles. The predicted molar refractivity (Wildman–Crippen MR) is 153 cm³/mol. The van der Waals surface area contributed by atoms with Gasteiger partial charge in [0.2, 0.25) is 21.8 Å². The molecule has 3 amide bonds. The standard InChI is InChI=1S/C28H26Cl2N6O5S/c29-18-6-9-24(20(30)13-18)42(40,41)35-15-22(33-26(37)21-5-1-2-11-32-21)27(38)36-23(12-17-4-3-10-31-14-17)28(39)34(16-25(35)36)19-7-8-19/h1-6,9-11,13-14,19,22-23,25H,7-8,12,15-16H2,(H,33,37). The number of carbonyl (C=O) groups excluding carboxylic acids is 3. The molecule has 11 nitrogen and oxygen atoms in total. The van der Waals surface area contributed by atoms with Gasteiger partial charge >= 0.3 is 0 Å². The highest BCUT2D eigenvalue weighted by molar-refractivity contribution is 7.89. The highest BCUT2D eigenvalue weighted by Gasteiger charge is 2.56. The van der Waals surface area contributed by atoms with Crippen LogP contribution >= 0.6 is 23.2 Å². The summed E-state index contributed by atoms with van der Waals surface area (Å²) in [5.41, 5.74) is 0.763. The molecule has 1 N–H and O–H groups in total. The molecule has 2 aromatic heterocycles. The fourth-order valence-electron chi connectivity index (χ4n) is 5.51. The number of nitrogens with one attached hydrogen (secondary N) is 1. The lowest BCUT2D eigenvalue weighted by molar-refractivity contribution is -0.167. The summed E-state index contributed by atoms with van der Waals surface area (Å²) in [6.45, 7) is -0.379. The van der Waals surface area contributed by atoms with Crippen LogP contribution in [0.1, 0.15) is 28.9 Å². The van der Waals surface area contributed by atoms with E-state index in [-0.39, 0.29) is 52.1 Å². The van der Waals surface area contributed by atoms with E-state index >= 15 is 0 Å². The van der Waals surface area contributed by atoms with Crippen molar-refractivity contribution >= 4 is 50.9 Å². The Bertz CT molecular complexity index is 1640. The van der Waals surface area contributed by atoms with Crippen LogP contribution in [-0.4, -0.2) is 87.6 Å². The molecule has 0 radical (unpaired) electrons. The number of rotatable bonds is 7. The average molecular weight is 630 g/mol. The summed E-state index contributed by atoms with van der Waals surface area (Å²) < 4.78 is 29.6. The third-order valence-electron chi connectivity index (χ3n) is 7.66. The lowest BCUT2D eigenvalue weighted by Gasteiger charge is -2.53. The SMILES string of the molecule is O=C(NC1CN(S(=O)(=O)c2ccc(Cl)cc2Cl)C2CN(C3CC3)C(=O)C(Cc3cccnc3)N2C1=O)c1ccccn1. The van der Waals surface area contributed by atoms with Gasteiger partial charge in [-0.15, -0.1) is 0 Å².